The molecule has 0 aromatic rings. The fraction of sp³-hybridized carbons (Fsp3) is 1.00. The summed E-state index contributed by atoms with van der Waals surface area (Å²) in [5.41, 5.74) is 0. The fourth-order valence-corrected chi connectivity index (χ4v) is 2.89. The number of rotatable bonds is 2. The minimum Gasteiger partial charge on any atom is -0.297 e. The van der Waals surface area contributed by atoms with E-state index in [0.717, 1.165) is 16.0 Å². The zero-order chi connectivity index (χ0) is 9.14. The summed E-state index contributed by atoms with van der Waals surface area (Å²) in [5.74, 6) is 0. The van der Waals surface area contributed by atoms with Crippen LogP contribution in [0.5, 0.6) is 0 Å². The number of halogens is 1. The highest BCUT2D eigenvalue weighted by atomic mass is 127. The summed E-state index contributed by atoms with van der Waals surface area (Å²) in [7, 11) is 0. The van der Waals surface area contributed by atoms with Crippen molar-refractivity contribution < 1.29 is 0 Å². The molecule has 1 aliphatic rings. The van der Waals surface area contributed by atoms with Crippen LogP contribution in [0.15, 0.2) is 0 Å². The minimum absolute atomic E-state index is 0.729. The third-order valence-electron chi connectivity index (χ3n) is 2.79. The first-order chi connectivity index (χ1) is 5.63. The lowest BCUT2D eigenvalue weighted by atomic mass is 9.98. The van der Waals surface area contributed by atoms with E-state index in [1.807, 2.05) is 0 Å². The van der Waals surface area contributed by atoms with Crippen molar-refractivity contribution in [2.75, 3.05) is 6.54 Å². The predicted octanol–water partition coefficient (Wildman–Crippen LogP) is 3.07. The SMILES string of the molecule is CC(I)C1CCCCN1C(C)C. The molecule has 0 N–H and O–H groups in total. The van der Waals surface area contributed by atoms with Crippen LogP contribution in [0.2, 0.25) is 0 Å². The van der Waals surface area contributed by atoms with Gasteiger partial charge >= 0.3 is 0 Å². The van der Waals surface area contributed by atoms with Gasteiger partial charge in [0.1, 0.15) is 0 Å². The molecule has 0 aromatic heterocycles. The van der Waals surface area contributed by atoms with Gasteiger partial charge in [-0.15, -0.1) is 0 Å². The summed E-state index contributed by atoms with van der Waals surface area (Å²) in [6, 6.07) is 1.56. The lowest BCUT2D eigenvalue weighted by Gasteiger charge is -2.40. The molecule has 12 heavy (non-hydrogen) atoms. The monoisotopic (exact) mass is 281 g/mol. The van der Waals surface area contributed by atoms with Gasteiger partial charge in [-0.25, -0.2) is 0 Å². The first kappa shape index (κ1) is 10.8. The molecule has 0 amide bonds. The van der Waals surface area contributed by atoms with Crippen molar-refractivity contribution in [3.8, 4) is 0 Å². The Morgan fingerprint density at radius 3 is 2.33 bits per heavy atom. The van der Waals surface area contributed by atoms with E-state index in [0.29, 0.717) is 0 Å². The van der Waals surface area contributed by atoms with E-state index in [9.17, 15) is 0 Å². The van der Waals surface area contributed by atoms with Gasteiger partial charge in [0.25, 0.3) is 0 Å². The van der Waals surface area contributed by atoms with Crippen LogP contribution >= 0.6 is 22.6 Å². The molecule has 0 aromatic carbocycles. The van der Waals surface area contributed by atoms with Gasteiger partial charge in [0, 0.05) is 16.0 Å². The van der Waals surface area contributed by atoms with Gasteiger partial charge in [0.2, 0.25) is 0 Å². The third kappa shape index (κ3) is 2.59. The van der Waals surface area contributed by atoms with Gasteiger partial charge in [-0.1, -0.05) is 35.9 Å². The number of hydrogen-bond acceptors (Lipinski definition) is 1. The van der Waals surface area contributed by atoms with Gasteiger partial charge in [-0.2, -0.15) is 0 Å². The first-order valence-corrected chi connectivity index (χ1v) is 6.27. The van der Waals surface area contributed by atoms with Crippen LogP contribution in [0.3, 0.4) is 0 Å². The highest BCUT2D eigenvalue weighted by molar-refractivity contribution is 14.1. The molecule has 0 saturated carbocycles. The molecule has 0 aliphatic carbocycles. The van der Waals surface area contributed by atoms with E-state index in [-0.39, 0.29) is 0 Å². The Balaban J connectivity index is 2.54. The quantitative estimate of drug-likeness (QED) is 0.555. The van der Waals surface area contributed by atoms with Gasteiger partial charge in [-0.05, 0) is 33.2 Å². The number of piperidine rings is 1. The molecular formula is C10H20IN. The molecule has 1 heterocycles. The summed E-state index contributed by atoms with van der Waals surface area (Å²) in [4.78, 5) is 2.67. The molecule has 2 heteroatoms. The van der Waals surface area contributed by atoms with Crippen molar-refractivity contribution in [3.63, 3.8) is 0 Å². The summed E-state index contributed by atoms with van der Waals surface area (Å²) in [6.45, 7) is 8.29. The van der Waals surface area contributed by atoms with E-state index in [1.165, 1.54) is 25.8 Å². The molecule has 1 fully saturated rings. The molecule has 0 bridgehead atoms. The molecule has 1 rings (SSSR count). The standard InChI is InChI=1S/C10H20IN/c1-8(2)12-7-5-4-6-10(12)9(3)11/h8-10H,4-7H2,1-3H3. The number of hydrogen-bond donors (Lipinski definition) is 0. The molecule has 2 atom stereocenters. The van der Waals surface area contributed by atoms with Crippen LogP contribution in [0.25, 0.3) is 0 Å². The van der Waals surface area contributed by atoms with E-state index < -0.39 is 0 Å². The van der Waals surface area contributed by atoms with Crippen LogP contribution < -0.4 is 0 Å². The van der Waals surface area contributed by atoms with Crippen LogP contribution in [0, 0.1) is 0 Å². The molecule has 1 aliphatic heterocycles. The summed E-state index contributed by atoms with van der Waals surface area (Å²) >= 11 is 2.57. The van der Waals surface area contributed by atoms with Crippen molar-refractivity contribution in [3.05, 3.63) is 0 Å². The average Bonchev–Trinajstić information content (AvgIpc) is 2.04. The number of likely N-dealkylation sites (tertiary alicyclic amines) is 1. The normalized spacial score (nSPS) is 29.2. The number of nitrogens with zero attached hydrogens (tertiary/aromatic N) is 1. The molecule has 0 spiro atoms. The van der Waals surface area contributed by atoms with Crippen LogP contribution in [0.4, 0.5) is 0 Å². The second-order valence-electron chi connectivity index (χ2n) is 4.07. The second kappa shape index (κ2) is 4.80. The molecule has 2 unspecified atom stereocenters. The summed E-state index contributed by atoms with van der Waals surface area (Å²) < 4.78 is 0.797. The highest BCUT2D eigenvalue weighted by Crippen LogP contribution is 2.25. The molecule has 1 saturated heterocycles. The maximum atomic E-state index is 2.67. The van der Waals surface area contributed by atoms with Crippen molar-refractivity contribution in [1.29, 1.82) is 0 Å². The van der Waals surface area contributed by atoms with Crippen molar-refractivity contribution in [2.24, 2.45) is 0 Å². The molecule has 72 valence electrons. The van der Waals surface area contributed by atoms with Gasteiger partial charge in [-0.3, -0.25) is 4.90 Å². The number of alkyl halides is 1. The molecular weight excluding hydrogens is 261 g/mol. The van der Waals surface area contributed by atoms with E-state index in [2.05, 4.69) is 48.3 Å². The van der Waals surface area contributed by atoms with Crippen molar-refractivity contribution in [1.82, 2.24) is 4.90 Å². The maximum absolute atomic E-state index is 2.67. The Bertz CT molecular complexity index is 118. The van der Waals surface area contributed by atoms with Crippen molar-refractivity contribution >= 4 is 22.6 Å². The minimum atomic E-state index is 0.729. The third-order valence-corrected chi connectivity index (χ3v) is 3.62. The van der Waals surface area contributed by atoms with E-state index >= 15 is 0 Å². The lowest BCUT2D eigenvalue weighted by Crippen LogP contribution is -2.47. The molecule has 1 nitrogen and oxygen atoms in total. The van der Waals surface area contributed by atoms with Gasteiger partial charge in [0.15, 0.2) is 0 Å². The van der Waals surface area contributed by atoms with Crippen LogP contribution in [-0.2, 0) is 0 Å². The van der Waals surface area contributed by atoms with E-state index in [4.69, 9.17) is 0 Å². The summed E-state index contributed by atoms with van der Waals surface area (Å²) in [5, 5.41) is 0. The fourth-order valence-electron chi connectivity index (χ4n) is 2.11. The van der Waals surface area contributed by atoms with E-state index in [1.54, 1.807) is 0 Å². The Hall–Kier alpha value is 0.690. The van der Waals surface area contributed by atoms with Gasteiger partial charge < -0.3 is 0 Å². The Morgan fingerprint density at radius 2 is 1.92 bits per heavy atom. The first-order valence-electron chi connectivity index (χ1n) is 5.02. The molecule has 0 radical (unpaired) electrons. The topological polar surface area (TPSA) is 3.24 Å². The zero-order valence-corrected chi connectivity index (χ0v) is 10.5. The largest absolute Gasteiger partial charge is 0.297 e. The Morgan fingerprint density at radius 1 is 1.25 bits per heavy atom. The predicted molar refractivity (Wildman–Crippen MR) is 63.0 cm³/mol. The lowest BCUT2D eigenvalue weighted by molar-refractivity contribution is 0.115. The van der Waals surface area contributed by atoms with Gasteiger partial charge in [0.05, 0.1) is 0 Å². The smallest absolute Gasteiger partial charge is 0.0237 e. The Labute approximate surface area is 90.0 Å². The highest BCUT2D eigenvalue weighted by Gasteiger charge is 2.27. The van der Waals surface area contributed by atoms with Crippen LogP contribution in [-0.4, -0.2) is 27.5 Å². The summed E-state index contributed by atoms with van der Waals surface area (Å²) in [6.07, 6.45) is 4.24. The van der Waals surface area contributed by atoms with Crippen LogP contribution in [0.1, 0.15) is 40.0 Å². The maximum Gasteiger partial charge on any atom is 0.0237 e. The average molecular weight is 281 g/mol. The second-order valence-corrected chi connectivity index (χ2v) is 6.04. The Kier molecular flexibility index (Phi) is 4.30. The zero-order valence-electron chi connectivity index (χ0n) is 8.39. The van der Waals surface area contributed by atoms with Crippen molar-refractivity contribution in [2.45, 2.75) is 56.0 Å².